The Balaban J connectivity index is 1.59. The number of thiophene rings is 1. The van der Waals surface area contributed by atoms with Crippen LogP contribution in [-0.4, -0.2) is 14.5 Å². The molecule has 0 fully saturated rings. The van der Waals surface area contributed by atoms with Crippen LogP contribution < -0.4 is 5.56 Å². The van der Waals surface area contributed by atoms with Gasteiger partial charge in [0.1, 0.15) is 11.0 Å². The van der Waals surface area contributed by atoms with Crippen molar-refractivity contribution >= 4 is 33.3 Å². The molecule has 7 heteroatoms. The number of hydrogen-bond donors (Lipinski definition) is 0. The second kappa shape index (κ2) is 7.32. The first kappa shape index (κ1) is 18.0. The molecule has 0 saturated heterocycles. The van der Waals surface area contributed by atoms with Crippen molar-refractivity contribution in [2.45, 2.75) is 38.2 Å². The van der Waals surface area contributed by atoms with Crippen molar-refractivity contribution in [3.05, 3.63) is 63.1 Å². The third-order valence-corrected chi connectivity index (χ3v) is 6.26. The number of fused-ring (bicyclic) bond motifs is 1. The van der Waals surface area contributed by atoms with Gasteiger partial charge in [0.05, 0.1) is 11.2 Å². The number of aryl methyl sites for hydroxylation is 2. The van der Waals surface area contributed by atoms with E-state index in [1.54, 1.807) is 10.8 Å². The third-order valence-electron chi connectivity index (χ3n) is 4.36. The number of hydrogen-bond acceptors (Lipinski definition) is 6. The second-order valence-electron chi connectivity index (χ2n) is 6.33. The van der Waals surface area contributed by atoms with E-state index >= 15 is 0 Å². The first-order valence-electron chi connectivity index (χ1n) is 8.69. The number of thioether (sulfide) groups is 1. The van der Waals surface area contributed by atoms with Crippen LogP contribution in [0.4, 0.5) is 0 Å². The summed E-state index contributed by atoms with van der Waals surface area (Å²) in [7, 11) is 0. The van der Waals surface area contributed by atoms with Gasteiger partial charge in [0.25, 0.3) is 5.56 Å². The van der Waals surface area contributed by atoms with Crippen LogP contribution >= 0.6 is 23.1 Å². The molecule has 0 radical (unpaired) electrons. The molecule has 3 heterocycles. The third kappa shape index (κ3) is 3.44. The predicted octanol–water partition coefficient (Wildman–Crippen LogP) is 5.04. The molecule has 0 unspecified atom stereocenters. The van der Waals surface area contributed by atoms with E-state index in [0.717, 1.165) is 22.3 Å². The van der Waals surface area contributed by atoms with Gasteiger partial charge in [-0.2, -0.15) is 0 Å². The van der Waals surface area contributed by atoms with Crippen molar-refractivity contribution in [2.24, 2.45) is 0 Å². The van der Waals surface area contributed by atoms with Crippen LogP contribution in [0.25, 0.3) is 21.7 Å². The van der Waals surface area contributed by atoms with Crippen LogP contribution in [0, 0.1) is 13.8 Å². The standard InChI is InChI=1S/C20H19N3O2S2/c1-4-23-19(24)17-16(7-8-26-17)22-20(23)27-11-14-10-25-18(21-14)15-6-5-12(2)9-13(15)3/h5-10H,4,11H2,1-3H3. The molecule has 0 aliphatic heterocycles. The molecule has 1 aromatic carbocycles. The Kier molecular flexibility index (Phi) is 4.88. The summed E-state index contributed by atoms with van der Waals surface area (Å²) < 4.78 is 8.11. The number of aromatic nitrogens is 3. The summed E-state index contributed by atoms with van der Waals surface area (Å²) in [6, 6.07) is 8.10. The van der Waals surface area contributed by atoms with Gasteiger partial charge in [-0.05, 0) is 43.8 Å². The number of benzene rings is 1. The zero-order chi connectivity index (χ0) is 19.0. The lowest BCUT2D eigenvalue weighted by atomic mass is 10.1. The highest BCUT2D eigenvalue weighted by Crippen LogP contribution is 2.27. The molecular formula is C20H19N3O2S2. The summed E-state index contributed by atoms with van der Waals surface area (Å²) in [5.74, 6) is 1.22. The molecule has 4 aromatic rings. The van der Waals surface area contributed by atoms with Gasteiger partial charge in [0.2, 0.25) is 5.89 Å². The molecule has 4 rings (SSSR count). The van der Waals surface area contributed by atoms with Crippen LogP contribution in [0.3, 0.4) is 0 Å². The summed E-state index contributed by atoms with van der Waals surface area (Å²) in [6.45, 7) is 6.68. The van der Waals surface area contributed by atoms with Crippen LogP contribution in [0.5, 0.6) is 0 Å². The van der Waals surface area contributed by atoms with Crippen molar-refractivity contribution in [3.8, 4) is 11.5 Å². The minimum absolute atomic E-state index is 0.0242. The van der Waals surface area contributed by atoms with Crippen molar-refractivity contribution in [1.29, 1.82) is 0 Å². The van der Waals surface area contributed by atoms with Crippen LogP contribution in [0.15, 0.2) is 50.3 Å². The van der Waals surface area contributed by atoms with Crippen LogP contribution in [0.1, 0.15) is 23.7 Å². The largest absolute Gasteiger partial charge is 0.444 e. The smallest absolute Gasteiger partial charge is 0.272 e. The highest BCUT2D eigenvalue weighted by molar-refractivity contribution is 7.98. The van der Waals surface area contributed by atoms with Gasteiger partial charge in [-0.25, -0.2) is 9.97 Å². The maximum atomic E-state index is 12.6. The minimum atomic E-state index is 0.0242. The quantitative estimate of drug-likeness (QED) is 0.349. The highest BCUT2D eigenvalue weighted by Gasteiger charge is 2.14. The molecule has 0 aliphatic carbocycles. The first-order valence-corrected chi connectivity index (χ1v) is 10.6. The van der Waals surface area contributed by atoms with E-state index in [2.05, 4.69) is 35.9 Å². The zero-order valence-electron chi connectivity index (χ0n) is 15.4. The van der Waals surface area contributed by atoms with Gasteiger partial charge in [-0.1, -0.05) is 29.5 Å². The van der Waals surface area contributed by atoms with E-state index < -0.39 is 0 Å². The Morgan fingerprint density at radius 1 is 1.22 bits per heavy atom. The molecule has 0 bridgehead atoms. The topological polar surface area (TPSA) is 60.9 Å². The number of nitrogens with zero attached hydrogens (tertiary/aromatic N) is 3. The maximum absolute atomic E-state index is 12.6. The van der Waals surface area contributed by atoms with E-state index in [1.165, 1.54) is 28.7 Å². The van der Waals surface area contributed by atoms with Gasteiger partial charge in [-0.3, -0.25) is 9.36 Å². The molecule has 138 valence electrons. The van der Waals surface area contributed by atoms with Crippen molar-refractivity contribution in [3.63, 3.8) is 0 Å². The molecule has 0 saturated carbocycles. The van der Waals surface area contributed by atoms with E-state index in [9.17, 15) is 4.79 Å². The molecule has 0 aliphatic rings. The fourth-order valence-electron chi connectivity index (χ4n) is 3.00. The van der Waals surface area contributed by atoms with Crippen molar-refractivity contribution < 1.29 is 4.42 Å². The van der Waals surface area contributed by atoms with Gasteiger partial charge >= 0.3 is 0 Å². The average Bonchev–Trinajstić information content (AvgIpc) is 3.29. The molecular weight excluding hydrogens is 378 g/mol. The highest BCUT2D eigenvalue weighted by atomic mass is 32.2. The Labute approximate surface area is 165 Å². The van der Waals surface area contributed by atoms with Crippen molar-refractivity contribution in [2.75, 3.05) is 0 Å². The molecule has 0 amide bonds. The summed E-state index contributed by atoms with van der Waals surface area (Å²) >= 11 is 2.94. The normalized spacial score (nSPS) is 11.4. The van der Waals surface area contributed by atoms with Gasteiger partial charge in [0, 0.05) is 17.9 Å². The van der Waals surface area contributed by atoms with E-state index in [1.807, 2.05) is 24.4 Å². The fourth-order valence-corrected chi connectivity index (χ4v) is 4.72. The SMILES string of the molecule is CCn1c(SCc2coc(-c3ccc(C)cc3C)n2)nc2ccsc2c1=O. The van der Waals surface area contributed by atoms with Crippen LogP contribution in [-0.2, 0) is 12.3 Å². The van der Waals surface area contributed by atoms with Gasteiger partial charge in [0.15, 0.2) is 5.16 Å². The lowest BCUT2D eigenvalue weighted by Gasteiger charge is -2.08. The van der Waals surface area contributed by atoms with E-state index in [-0.39, 0.29) is 5.56 Å². The molecule has 0 atom stereocenters. The Bertz CT molecular complexity index is 1170. The predicted molar refractivity (Wildman–Crippen MR) is 111 cm³/mol. The summed E-state index contributed by atoms with van der Waals surface area (Å²) in [6.07, 6.45) is 1.68. The first-order chi connectivity index (χ1) is 13.1. The Morgan fingerprint density at radius 2 is 2.07 bits per heavy atom. The Hall–Kier alpha value is -2.38. The molecule has 5 nitrogen and oxygen atoms in total. The Morgan fingerprint density at radius 3 is 2.85 bits per heavy atom. The monoisotopic (exact) mass is 397 g/mol. The number of oxazole rings is 1. The maximum Gasteiger partial charge on any atom is 0.272 e. The zero-order valence-corrected chi connectivity index (χ0v) is 17.0. The van der Waals surface area contributed by atoms with E-state index in [0.29, 0.717) is 28.0 Å². The summed E-state index contributed by atoms with van der Waals surface area (Å²) in [5.41, 5.74) is 4.97. The number of rotatable bonds is 5. The summed E-state index contributed by atoms with van der Waals surface area (Å²) in [5, 5.41) is 2.62. The van der Waals surface area contributed by atoms with Gasteiger partial charge in [-0.15, -0.1) is 11.3 Å². The van der Waals surface area contributed by atoms with Gasteiger partial charge < -0.3 is 4.42 Å². The molecule has 3 aromatic heterocycles. The molecule has 27 heavy (non-hydrogen) atoms. The minimum Gasteiger partial charge on any atom is -0.444 e. The fraction of sp³-hybridized carbons (Fsp3) is 0.250. The van der Waals surface area contributed by atoms with Crippen molar-refractivity contribution in [1.82, 2.24) is 14.5 Å². The van der Waals surface area contributed by atoms with E-state index in [4.69, 9.17) is 4.42 Å². The second-order valence-corrected chi connectivity index (χ2v) is 8.19. The molecule has 0 N–H and O–H groups in total. The molecule has 0 spiro atoms. The average molecular weight is 398 g/mol. The lowest BCUT2D eigenvalue weighted by Crippen LogP contribution is -2.21. The lowest BCUT2D eigenvalue weighted by molar-refractivity contribution is 0.573. The summed E-state index contributed by atoms with van der Waals surface area (Å²) in [4.78, 5) is 21.9. The van der Waals surface area contributed by atoms with Crippen LogP contribution in [0.2, 0.25) is 0 Å².